The first-order valence-corrected chi connectivity index (χ1v) is 9.81. The van der Waals surface area contributed by atoms with Crippen LogP contribution in [0.1, 0.15) is 25.0 Å². The van der Waals surface area contributed by atoms with E-state index >= 15 is 0 Å². The van der Waals surface area contributed by atoms with Gasteiger partial charge in [-0.1, -0.05) is 31.6 Å². The average molecular weight is 256 g/mol. The van der Waals surface area contributed by atoms with Crippen LogP contribution >= 0.6 is 0 Å². The minimum Gasteiger partial charge on any atom is -0.483 e. The van der Waals surface area contributed by atoms with Crippen molar-refractivity contribution in [2.24, 2.45) is 0 Å². The van der Waals surface area contributed by atoms with E-state index in [1.165, 1.54) is 0 Å². The summed E-state index contributed by atoms with van der Waals surface area (Å²) in [5, 5.41) is 0. The lowest BCUT2D eigenvalue weighted by molar-refractivity contribution is 0.159. The Morgan fingerprint density at radius 2 is 1.89 bits per heavy atom. The summed E-state index contributed by atoms with van der Waals surface area (Å²) >= 11 is 0. The van der Waals surface area contributed by atoms with Gasteiger partial charge < -0.3 is 4.74 Å². The molecule has 0 radical (unpaired) electrons. The molecule has 1 aliphatic rings. The van der Waals surface area contributed by atoms with Gasteiger partial charge in [0.25, 0.3) is 0 Å². The van der Waals surface area contributed by atoms with Crippen LogP contribution in [0, 0.1) is 11.5 Å². The number of ether oxygens (including phenoxy) is 1. The Bertz CT molecular complexity index is 551. The molecule has 18 heavy (non-hydrogen) atoms. The summed E-state index contributed by atoms with van der Waals surface area (Å²) in [4.78, 5) is 0. The maximum Gasteiger partial charge on any atom is 0.129 e. The molecule has 0 aliphatic carbocycles. The fraction of sp³-hybridized carbons (Fsp3) is 0.375. The molecular weight excluding hydrogens is 236 g/mol. The van der Waals surface area contributed by atoms with Crippen LogP contribution in [0.5, 0.6) is 5.75 Å². The normalized spacial score (nSPS) is 16.3. The highest BCUT2D eigenvalue weighted by atomic mass is 28.3. The van der Waals surface area contributed by atoms with E-state index in [1.54, 1.807) is 0 Å². The standard InChI is InChI=1S/C16H20OSi/c1-16(2)10-8-14-12-13(6-7-15(14)17-16)9-11-18(3,4)5/h6-8,10,12H,1-5H3. The summed E-state index contributed by atoms with van der Waals surface area (Å²) in [6.07, 6.45) is 4.21. The lowest BCUT2D eigenvalue weighted by atomic mass is 10.0. The largest absolute Gasteiger partial charge is 0.483 e. The fourth-order valence-corrected chi connectivity index (χ4v) is 2.24. The molecule has 0 atom stereocenters. The molecule has 0 fully saturated rings. The third-order valence-corrected chi connectivity index (χ3v) is 3.50. The molecule has 0 aromatic heterocycles. The molecule has 0 saturated heterocycles. The molecule has 2 heteroatoms. The molecule has 0 amide bonds. The zero-order chi connectivity index (χ0) is 13.4. The van der Waals surface area contributed by atoms with Crippen LogP contribution in [0.4, 0.5) is 0 Å². The van der Waals surface area contributed by atoms with Crippen LogP contribution in [-0.4, -0.2) is 13.7 Å². The first kappa shape index (κ1) is 13.0. The van der Waals surface area contributed by atoms with Gasteiger partial charge in [-0.25, -0.2) is 0 Å². The van der Waals surface area contributed by atoms with Crippen molar-refractivity contribution < 1.29 is 4.74 Å². The number of hydrogen-bond acceptors (Lipinski definition) is 1. The van der Waals surface area contributed by atoms with E-state index < -0.39 is 8.07 Å². The maximum absolute atomic E-state index is 5.89. The van der Waals surface area contributed by atoms with Crippen molar-refractivity contribution >= 4 is 14.1 Å². The van der Waals surface area contributed by atoms with E-state index in [0.29, 0.717) is 0 Å². The summed E-state index contributed by atoms with van der Waals surface area (Å²) in [6.45, 7) is 10.9. The zero-order valence-electron chi connectivity index (χ0n) is 11.8. The molecule has 0 bridgehead atoms. The van der Waals surface area contributed by atoms with Gasteiger partial charge in [-0.2, -0.15) is 0 Å². The van der Waals surface area contributed by atoms with Gasteiger partial charge in [0.05, 0.1) is 0 Å². The van der Waals surface area contributed by atoms with Crippen LogP contribution in [-0.2, 0) is 0 Å². The van der Waals surface area contributed by atoms with Crippen molar-refractivity contribution in [3.05, 3.63) is 35.4 Å². The maximum atomic E-state index is 5.89. The van der Waals surface area contributed by atoms with Crippen molar-refractivity contribution in [3.8, 4) is 17.2 Å². The highest BCUT2D eigenvalue weighted by molar-refractivity contribution is 6.83. The average Bonchev–Trinajstić information content (AvgIpc) is 2.24. The Morgan fingerprint density at radius 3 is 2.56 bits per heavy atom. The van der Waals surface area contributed by atoms with Gasteiger partial charge in [0, 0.05) is 11.1 Å². The Labute approximate surface area is 111 Å². The van der Waals surface area contributed by atoms with Crippen LogP contribution in [0.15, 0.2) is 24.3 Å². The summed E-state index contributed by atoms with van der Waals surface area (Å²) in [5.74, 6) is 4.22. The minimum atomic E-state index is -1.31. The summed E-state index contributed by atoms with van der Waals surface area (Å²) in [6, 6.07) is 6.17. The predicted molar refractivity (Wildman–Crippen MR) is 80.4 cm³/mol. The van der Waals surface area contributed by atoms with Gasteiger partial charge in [-0.3, -0.25) is 0 Å². The van der Waals surface area contributed by atoms with Crippen LogP contribution in [0.3, 0.4) is 0 Å². The highest BCUT2D eigenvalue weighted by Gasteiger charge is 2.21. The number of hydrogen-bond donors (Lipinski definition) is 0. The summed E-state index contributed by atoms with van der Waals surface area (Å²) in [5.41, 5.74) is 5.37. The minimum absolute atomic E-state index is 0.210. The number of fused-ring (bicyclic) bond motifs is 1. The lowest BCUT2D eigenvalue weighted by Crippen LogP contribution is -2.27. The molecule has 1 heterocycles. The predicted octanol–water partition coefficient (Wildman–Crippen LogP) is 4.10. The lowest BCUT2D eigenvalue weighted by Gasteiger charge is -2.27. The van der Waals surface area contributed by atoms with E-state index in [-0.39, 0.29) is 5.60 Å². The molecular formula is C16H20OSi. The number of benzene rings is 1. The molecule has 1 aliphatic heterocycles. The molecule has 2 rings (SSSR count). The van der Waals surface area contributed by atoms with Crippen molar-refractivity contribution in [3.63, 3.8) is 0 Å². The molecule has 0 spiro atoms. The van der Waals surface area contributed by atoms with E-state index in [4.69, 9.17) is 4.74 Å². The van der Waals surface area contributed by atoms with Crippen molar-refractivity contribution in [2.75, 3.05) is 0 Å². The second-order valence-corrected chi connectivity index (χ2v) is 11.0. The second-order valence-electron chi connectivity index (χ2n) is 6.29. The van der Waals surface area contributed by atoms with Crippen LogP contribution in [0.2, 0.25) is 19.6 Å². The van der Waals surface area contributed by atoms with Crippen LogP contribution < -0.4 is 4.74 Å². The molecule has 94 valence electrons. The monoisotopic (exact) mass is 256 g/mol. The Morgan fingerprint density at radius 1 is 1.17 bits per heavy atom. The van der Waals surface area contributed by atoms with E-state index in [2.05, 4.69) is 63.2 Å². The Hall–Kier alpha value is -1.46. The van der Waals surface area contributed by atoms with E-state index in [9.17, 15) is 0 Å². The molecule has 1 aromatic rings. The van der Waals surface area contributed by atoms with Gasteiger partial charge in [0.1, 0.15) is 19.4 Å². The SMILES string of the molecule is CC1(C)C=Cc2cc(C#C[Si](C)(C)C)ccc2O1. The third kappa shape index (κ3) is 3.27. The first-order chi connectivity index (χ1) is 8.25. The smallest absolute Gasteiger partial charge is 0.129 e. The van der Waals surface area contributed by atoms with Crippen LogP contribution in [0.25, 0.3) is 6.08 Å². The molecule has 1 nitrogen and oxygen atoms in total. The van der Waals surface area contributed by atoms with Crippen molar-refractivity contribution in [1.82, 2.24) is 0 Å². The van der Waals surface area contributed by atoms with E-state index in [0.717, 1.165) is 16.9 Å². The van der Waals surface area contributed by atoms with Gasteiger partial charge in [0.2, 0.25) is 0 Å². The Balaban J connectivity index is 2.32. The second kappa shape index (κ2) is 4.33. The molecule has 0 N–H and O–H groups in total. The highest BCUT2D eigenvalue weighted by Crippen LogP contribution is 2.31. The zero-order valence-corrected chi connectivity index (χ0v) is 12.8. The van der Waals surface area contributed by atoms with Crippen molar-refractivity contribution in [1.29, 1.82) is 0 Å². The van der Waals surface area contributed by atoms with Crippen molar-refractivity contribution in [2.45, 2.75) is 39.1 Å². The van der Waals surface area contributed by atoms with Gasteiger partial charge >= 0.3 is 0 Å². The first-order valence-electron chi connectivity index (χ1n) is 6.31. The Kier molecular flexibility index (Phi) is 3.12. The number of rotatable bonds is 0. The quantitative estimate of drug-likeness (QED) is 0.501. The third-order valence-electron chi connectivity index (χ3n) is 2.63. The fourth-order valence-electron chi connectivity index (χ4n) is 1.72. The van der Waals surface area contributed by atoms with Gasteiger partial charge in [-0.05, 0) is 38.1 Å². The summed E-state index contributed by atoms with van der Waals surface area (Å²) < 4.78 is 5.89. The molecule has 0 saturated carbocycles. The summed E-state index contributed by atoms with van der Waals surface area (Å²) in [7, 11) is -1.31. The topological polar surface area (TPSA) is 9.23 Å². The van der Waals surface area contributed by atoms with Gasteiger partial charge in [0.15, 0.2) is 0 Å². The molecule has 0 unspecified atom stereocenters. The van der Waals surface area contributed by atoms with Gasteiger partial charge in [-0.15, -0.1) is 5.54 Å². The molecule has 1 aromatic carbocycles. The van der Waals surface area contributed by atoms with E-state index in [1.807, 2.05) is 12.1 Å².